The Morgan fingerprint density at radius 3 is 2.29 bits per heavy atom. The van der Waals surface area contributed by atoms with E-state index in [0.717, 1.165) is 56.6 Å². The van der Waals surface area contributed by atoms with Crippen LogP contribution >= 0.6 is 0 Å². The maximum absolute atomic E-state index is 13.4. The van der Waals surface area contributed by atoms with Gasteiger partial charge < -0.3 is 19.9 Å². The highest BCUT2D eigenvalue weighted by molar-refractivity contribution is 5.99. The molecule has 3 N–H and O–H groups in total. The summed E-state index contributed by atoms with van der Waals surface area (Å²) in [6, 6.07) is 13.7. The molecule has 10 nitrogen and oxygen atoms in total. The maximum Gasteiger partial charge on any atom is 0.490 e. The summed E-state index contributed by atoms with van der Waals surface area (Å²) >= 11 is 0. The van der Waals surface area contributed by atoms with Crippen molar-refractivity contribution in [1.29, 1.82) is 0 Å². The fraction of sp³-hybridized carbons (Fsp3) is 0.583. The van der Waals surface area contributed by atoms with E-state index in [2.05, 4.69) is 34.0 Å². The number of unbranched alkanes of at least 4 members (excludes halogenated alkanes) is 1. The molecule has 0 spiro atoms. The fourth-order valence-electron chi connectivity index (χ4n) is 5.92. The molecule has 2 aromatic carbocycles. The van der Waals surface area contributed by atoms with Crippen LogP contribution in [0.4, 0.5) is 13.2 Å². The first-order chi connectivity index (χ1) is 23.5. The van der Waals surface area contributed by atoms with E-state index in [1.807, 2.05) is 43.3 Å². The van der Waals surface area contributed by atoms with Crippen molar-refractivity contribution >= 4 is 17.8 Å². The molecule has 1 fully saturated rings. The monoisotopic (exact) mass is 691 g/mol. The molecule has 1 amide bonds. The smallest absolute Gasteiger partial charge is 0.490 e. The van der Waals surface area contributed by atoms with Crippen LogP contribution in [0.25, 0.3) is 11.1 Å². The standard InChI is InChI=1S/C36H52F3N5O5/c1-5-8-17-41-35(40)42-33(45)31(49-34(46)36(37,38)39)24-27-15-16-29(26-13-10-9-11-14-26)32(48-23-12-22-47-4)30(27)25-43-18-20-44(21-19-43)28(6-2)7-3/h9-11,13-16,28,31H,5-8,12,17-25H2,1-4H3,(H3,40,41,42,45). The molecule has 0 aliphatic carbocycles. The molecule has 3 rings (SSSR count). The summed E-state index contributed by atoms with van der Waals surface area (Å²) in [6.45, 7) is 11.2. The topological polar surface area (TPSA) is 119 Å². The second-order valence-electron chi connectivity index (χ2n) is 12.1. The van der Waals surface area contributed by atoms with Crippen LogP contribution in [0.3, 0.4) is 0 Å². The zero-order valence-corrected chi connectivity index (χ0v) is 29.2. The number of alkyl halides is 3. The number of ether oxygens (including phenoxy) is 3. The second kappa shape index (κ2) is 20.1. The van der Waals surface area contributed by atoms with Crippen LogP contribution in [-0.4, -0.2) is 99.0 Å². The molecule has 1 aliphatic rings. The largest absolute Gasteiger partial charge is 0.493 e. The first-order valence-electron chi connectivity index (χ1n) is 17.2. The average molecular weight is 692 g/mol. The highest BCUT2D eigenvalue weighted by Gasteiger charge is 2.43. The molecule has 49 heavy (non-hydrogen) atoms. The first-order valence-corrected chi connectivity index (χ1v) is 17.2. The highest BCUT2D eigenvalue weighted by atomic mass is 19.4. The second-order valence-corrected chi connectivity index (χ2v) is 12.1. The van der Waals surface area contributed by atoms with E-state index in [4.69, 9.17) is 19.9 Å². The highest BCUT2D eigenvalue weighted by Crippen LogP contribution is 2.37. The van der Waals surface area contributed by atoms with Crippen molar-refractivity contribution in [2.75, 3.05) is 53.0 Å². The van der Waals surface area contributed by atoms with E-state index in [1.165, 1.54) is 0 Å². The lowest BCUT2D eigenvalue weighted by atomic mass is 9.93. The van der Waals surface area contributed by atoms with E-state index in [9.17, 15) is 22.8 Å². The fourth-order valence-corrected chi connectivity index (χ4v) is 5.92. The molecule has 0 saturated carbocycles. The van der Waals surface area contributed by atoms with Gasteiger partial charge in [-0.25, -0.2) is 4.79 Å². The van der Waals surface area contributed by atoms with Crippen molar-refractivity contribution in [2.45, 2.75) is 84.2 Å². The predicted octanol–water partition coefficient (Wildman–Crippen LogP) is 5.32. The Morgan fingerprint density at radius 2 is 1.67 bits per heavy atom. The zero-order valence-electron chi connectivity index (χ0n) is 29.2. The number of guanidine groups is 1. The van der Waals surface area contributed by atoms with Gasteiger partial charge in [0.05, 0.1) is 6.61 Å². The number of amides is 1. The van der Waals surface area contributed by atoms with Crippen LogP contribution < -0.4 is 15.8 Å². The van der Waals surface area contributed by atoms with E-state index in [-0.39, 0.29) is 12.4 Å². The van der Waals surface area contributed by atoms with Crippen LogP contribution in [0.15, 0.2) is 47.5 Å². The Bertz CT molecular complexity index is 1350. The van der Waals surface area contributed by atoms with Crippen molar-refractivity contribution in [2.24, 2.45) is 10.7 Å². The number of hydrogen-bond acceptors (Lipinski definition) is 8. The van der Waals surface area contributed by atoms with Crippen LogP contribution in [0, 0.1) is 0 Å². The Morgan fingerprint density at radius 1 is 0.980 bits per heavy atom. The number of carbonyl (C=O) groups excluding carboxylic acids is 2. The number of piperazine rings is 1. The van der Waals surface area contributed by atoms with Crippen molar-refractivity contribution in [1.82, 2.24) is 15.1 Å². The molecule has 1 heterocycles. The van der Waals surface area contributed by atoms with Gasteiger partial charge >= 0.3 is 12.1 Å². The number of nitrogens with two attached hydrogens (primary N) is 1. The van der Waals surface area contributed by atoms with Gasteiger partial charge in [0.1, 0.15) is 5.75 Å². The van der Waals surface area contributed by atoms with Crippen LogP contribution in [0.2, 0.25) is 0 Å². The number of rotatable bonds is 18. The number of benzene rings is 2. The van der Waals surface area contributed by atoms with Gasteiger partial charge in [-0.15, -0.1) is 0 Å². The molecule has 13 heteroatoms. The van der Waals surface area contributed by atoms with Gasteiger partial charge in [-0.2, -0.15) is 13.2 Å². The number of aliphatic imine (C=N–C) groups is 1. The molecule has 2 aromatic rings. The van der Waals surface area contributed by atoms with E-state index < -0.39 is 24.2 Å². The van der Waals surface area contributed by atoms with Crippen LogP contribution in [0.1, 0.15) is 64.0 Å². The van der Waals surface area contributed by atoms with E-state index in [0.29, 0.717) is 62.1 Å². The van der Waals surface area contributed by atoms with E-state index >= 15 is 0 Å². The van der Waals surface area contributed by atoms with Gasteiger partial charge in [0.25, 0.3) is 5.91 Å². The molecule has 1 aliphatic heterocycles. The number of nitrogens with zero attached hydrogens (tertiary/aromatic N) is 3. The molecule has 1 saturated heterocycles. The summed E-state index contributed by atoms with van der Waals surface area (Å²) < 4.78 is 56.8. The zero-order chi connectivity index (χ0) is 35.8. The minimum atomic E-state index is -5.30. The predicted molar refractivity (Wildman–Crippen MR) is 184 cm³/mol. The molecule has 0 aromatic heterocycles. The summed E-state index contributed by atoms with van der Waals surface area (Å²) in [5.41, 5.74) is 8.79. The van der Waals surface area contributed by atoms with Gasteiger partial charge in [-0.3, -0.25) is 24.9 Å². The molecule has 0 bridgehead atoms. The normalized spacial score (nSPS) is 15.3. The summed E-state index contributed by atoms with van der Waals surface area (Å²) in [5.74, 6) is -3.17. The van der Waals surface area contributed by atoms with Crippen LogP contribution in [0.5, 0.6) is 5.75 Å². The Hall–Kier alpha value is -3.68. The summed E-state index contributed by atoms with van der Waals surface area (Å²) in [5, 5.41) is 2.33. The molecular formula is C36H52F3N5O5. The molecule has 272 valence electrons. The average Bonchev–Trinajstić information content (AvgIpc) is 3.08. The van der Waals surface area contributed by atoms with Gasteiger partial charge in [0.2, 0.25) is 0 Å². The lowest BCUT2D eigenvalue weighted by Gasteiger charge is -2.39. The Kier molecular flexibility index (Phi) is 16.3. The number of nitrogens with one attached hydrogen (secondary N) is 1. The Labute approximate surface area is 288 Å². The lowest BCUT2D eigenvalue weighted by molar-refractivity contribution is -0.205. The molecule has 1 unspecified atom stereocenters. The number of carbonyl (C=O) groups is 2. The molecule has 1 atom stereocenters. The van der Waals surface area contributed by atoms with Crippen molar-refractivity contribution in [3.05, 3.63) is 53.6 Å². The van der Waals surface area contributed by atoms with Gasteiger partial charge in [-0.1, -0.05) is 69.7 Å². The van der Waals surface area contributed by atoms with Crippen LogP contribution in [-0.2, 0) is 32.0 Å². The third-order valence-electron chi connectivity index (χ3n) is 8.65. The van der Waals surface area contributed by atoms with Gasteiger partial charge in [0, 0.05) is 83.0 Å². The lowest BCUT2D eigenvalue weighted by Crippen LogP contribution is -2.49. The summed E-state index contributed by atoms with van der Waals surface area (Å²) in [6.07, 6.45) is -3.22. The van der Waals surface area contributed by atoms with Crippen molar-refractivity contribution in [3.8, 4) is 16.9 Å². The maximum atomic E-state index is 13.4. The molecule has 0 radical (unpaired) electrons. The first kappa shape index (κ1) is 39.8. The van der Waals surface area contributed by atoms with Gasteiger partial charge in [-0.05, 0) is 30.4 Å². The number of halogens is 3. The number of methoxy groups -OCH3 is 1. The van der Waals surface area contributed by atoms with Crippen molar-refractivity contribution < 1.29 is 37.0 Å². The quantitative estimate of drug-likeness (QED) is 0.0934. The third kappa shape index (κ3) is 12.3. The number of esters is 1. The summed E-state index contributed by atoms with van der Waals surface area (Å²) in [4.78, 5) is 34.3. The number of hydrogen-bond donors (Lipinski definition) is 2. The molecular weight excluding hydrogens is 639 g/mol. The third-order valence-corrected chi connectivity index (χ3v) is 8.65. The minimum absolute atomic E-state index is 0.261. The minimum Gasteiger partial charge on any atom is -0.493 e. The summed E-state index contributed by atoms with van der Waals surface area (Å²) in [7, 11) is 1.61. The Balaban J connectivity index is 2.07. The van der Waals surface area contributed by atoms with Gasteiger partial charge in [0.15, 0.2) is 12.1 Å². The van der Waals surface area contributed by atoms with Crippen molar-refractivity contribution in [3.63, 3.8) is 0 Å². The SMILES string of the molecule is CCCCN=C(N)NC(=O)C(Cc1ccc(-c2ccccc2)c(OCCCOC)c1CN1CCN(C(CC)CC)CC1)OC(=O)C(F)(F)F. The van der Waals surface area contributed by atoms with E-state index in [1.54, 1.807) is 13.2 Å².